The Kier molecular flexibility index (Phi) is 6.09. The molecule has 1 amide bonds. The van der Waals surface area contributed by atoms with Crippen LogP contribution in [0.25, 0.3) is 11.0 Å². The predicted molar refractivity (Wildman–Crippen MR) is 110 cm³/mol. The molecule has 0 spiro atoms. The molecule has 0 unspecified atom stereocenters. The van der Waals surface area contributed by atoms with Crippen molar-refractivity contribution in [1.82, 2.24) is 18.8 Å². The van der Waals surface area contributed by atoms with E-state index >= 15 is 0 Å². The molecule has 0 aliphatic heterocycles. The van der Waals surface area contributed by atoms with E-state index in [1.807, 2.05) is 23.6 Å². The van der Waals surface area contributed by atoms with Crippen LogP contribution in [-0.2, 0) is 28.3 Å². The molecule has 1 fully saturated rings. The number of carbonyl (C=O) groups is 1. The van der Waals surface area contributed by atoms with Gasteiger partial charge in [0.1, 0.15) is 5.82 Å². The maximum absolute atomic E-state index is 12.6. The molecule has 1 aliphatic carbocycles. The summed E-state index contributed by atoms with van der Waals surface area (Å²) < 4.78 is 27.8. The highest BCUT2D eigenvalue weighted by atomic mass is 32.2. The summed E-state index contributed by atoms with van der Waals surface area (Å²) in [6.07, 6.45) is 6.81. The quantitative estimate of drug-likeness (QED) is 0.739. The molecule has 2 aromatic rings. The number of aromatic nitrogens is 2. The first-order valence-electron chi connectivity index (χ1n) is 9.85. The van der Waals surface area contributed by atoms with Crippen LogP contribution in [0.2, 0.25) is 0 Å². The lowest BCUT2D eigenvalue weighted by molar-refractivity contribution is -0.132. The molecule has 0 bridgehead atoms. The van der Waals surface area contributed by atoms with Crippen molar-refractivity contribution >= 4 is 27.0 Å². The molecule has 28 heavy (non-hydrogen) atoms. The largest absolute Gasteiger partial charge is 0.343 e. The van der Waals surface area contributed by atoms with Crippen molar-refractivity contribution in [2.45, 2.75) is 55.9 Å². The zero-order valence-electron chi connectivity index (χ0n) is 17.2. The van der Waals surface area contributed by atoms with Gasteiger partial charge in [-0.2, -0.15) is 0 Å². The number of sulfonamides is 1. The van der Waals surface area contributed by atoms with Crippen molar-refractivity contribution < 1.29 is 13.2 Å². The van der Waals surface area contributed by atoms with Crippen LogP contribution in [0.5, 0.6) is 0 Å². The number of nitrogens with zero attached hydrogens (tertiary/aromatic N) is 4. The second-order valence-corrected chi connectivity index (χ2v) is 9.97. The van der Waals surface area contributed by atoms with Gasteiger partial charge < -0.3 is 9.47 Å². The molecule has 0 N–H and O–H groups in total. The number of imidazole rings is 1. The summed E-state index contributed by atoms with van der Waals surface area (Å²) in [5, 5.41) is 0. The van der Waals surface area contributed by atoms with Gasteiger partial charge in [0.2, 0.25) is 15.9 Å². The van der Waals surface area contributed by atoms with Crippen LogP contribution in [0, 0.1) is 0 Å². The minimum absolute atomic E-state index is 0.148. The van der Waals surface area contributed by atoms with E-state index in [1.165, 1.54) is 37.7 Å². The van der Waals surface area contributed by atoms with Crippen molar-refractivity contribution in [3.63, 3.8) is 0 Å². The third-order valence-corrected chi connectivity index (χ3v) is 7.61. The fourth-order valence-electron chi connectivity index (χ4n) is 3.89. The Labute approximate surface area is 167 Å². The third kappa shape index (κ3) is 4.07. The SMILES string of the molecule is CN(C(=O)CCc1nc2cc(S(=O)(=O)N(C)C)ccc2n1C)C1CCCCC1. The maximum atomic E-state index is 12.6. The van der Waals surface area contributed by atoms with Crippen LogP contribution in [0.1, 0.15) is 44.3 Å². The highest BCUT2D eigenvalue weighted by Gasteiger charge is 2.23. The third-order valence-electron chi connectivity index (χ3n) is 5.80. The molecular weight excluding hydrogens is 376 g/mol. The van der Waals surface area contributed by atoms with Gasteiger partial charge in [0.05, 0.1) is 15.9 Å². The zero-order chi connectivity index (χ0) is 20.5. The second kappa shape index (κ2) is 8.21. The Morgan fingerprint density at radius 2 is 1.86 bits per heavy atom. The fourth-order valence-corrected chi connectivity index (χ4v) is 4.81. The number of hydrogen-bond donors (Lipinski definition) is 0. The second-order valence-electron chi connectivity index (χ2n) is 7.82. The standard InChI is InChI=1S/C20H30N4O3S/c1-22(2)28(26,27)16-10-11-18-17(14-16)21-19(24(18)4)12-13-20(25)23(3)15-8-6-5-7-9-15/h10-11,14-15H,5-9,12-13H2,1-4H3. The van der Waals surface area contributed by atoms with Crippen molar-refractivity contribution in [1.29, 1.82) is 0 Å². The molecule has 7 nitrogen and oxygen atoms in total. The highest BCUT2D eigenvalue weighted by molar-refractivity contribution is 7.89. The summed E-state index contributed by atoms with van der Waals surface area (Å²) in [5.74, 6) is 0.939. The number of benzene rings is 1. The van der Waals surface area contributed by atoms with E-state index in [2.05, 4.69) is 4.98 Å². The molecule has 3 rings (SSSR count). The van der Waals surface area contributed by atoms with Gasteiger partial charge in [-0.1, -0.05) is 19.3 Å². The molecule has 1 aromatic heterocycles. The summed E-state index contributed by atoms with van der Waals surface area (Å²) >= 11 is 0. The average Bonchev–Trinajstić information content (AvgIpc) is 3.01. The molecule has 1 aromatic carbocycles. The van der Waals surface area contributed by atoms with Gasteiger partial charge >= 0.3 is 0 Å². The Balaban J connectivity index is 1.74. The molecule has 0 atom stereocenters. The Morgan fingerprint density at radius 1 is 1.18 bits per heavy atom. The number of amides is 1. The van der Waals surface area contributed by atoms with Crippen LogP contribution in [0.4, 0.5) is 0 Å². The molecule has 1 aliphatic rings. The monoisotopic (exact) mass is 406 g/mol. The maximum Gasteiger partial charge on any atom is 0.242 e. The van der Waals surface area contributed by atoms with E-state index in [1.54, 1.807) is 18.2 Å². The van der Waals surface area contributed by atoms with Crippen molar-refractivity contribution in [3.8, 4) is 0 Å². The summed E-state index contributed by atoms with van der Waals surface area (Å²) in [6.45, 7) is 0. The van der Waals surface area contributed by atoms with Gasteiger partial charge in [-0.25, -0.2) is 17.7 Å². The molecule has 1 saturated carbocycles. The summed E-state index contributed by atoms with van der Waals surface area (Å²) in [5.41, 5.74) is 1.49. The zero-order valence-corrected chi connectivity index (χ0v) is 18.0. The van der Waals surface area contributed by atoms with Crippen LogP contribution < -0.4 is 0 Å². The minimum atomic E-state index is -3.50. The van der Waals surface area contributed by atoms with Gasteiger partial charge in [0, 0.05) is 47.1 Å². The van der Waals surface area contributed by atoms with Crippen molar-refractivity contribution in [3.05, 3.63) is 24.0 Å². The van der Waals surface area contributed by atoms with Gasteiger partial charge in [0.25, 0.3) is 0 Å². The molecule has 1 heterocycles. The molecule has 0 radical (unpaired) electrons. The smallest absolute Gasteiger partial charge is 0.242 e. The summed E-state index contributed by atoms with van der Waals surface area (Å²) in [6, 6.07) is 5.34. The number of rotatable bonds is 6. The van der Waals surface area contributed by atoms with Gasteiger partial charge in [-0.05, 0) is 31.0 Å². The Bertz CT molecular complexity index is 959. The van der Waals surface area contributed by atoms with E-state index in [9.17, 15) is 13.2 Å². The number of hydrogen-bond acceptors (Lipinski definition) is 4. The first-order valence-corrected chi connectivity index (χ1v) is 11.3. The fraction of sp³-hybridized carbons (Fsp3) is 0.600. The lowest BCUT2D eigenvalue weighted by Crippen LogP contribution is -2.38. The Hall–Kier alpha value is -1.93. The number of fused-ring (bicyclic) bond motifs is 1. The molecular formula is C20H30N4O3S. The van der Waals surface area contributed by atoms with Crippen LogP contribution in [0.15, 0.2) is 23.1 Å². The van der Waals surface area contributed by atoms with E-state index in [0.717, 1.165) is 24.2 Å². The van der Waals surface area contributed by atoms with Crippen LogP contribution in [0.3, 0.4) is 0 Å². The van der Waals surface area contributed by atoms with Crippen LogP contribution >= 0.6 is 0 Å². The normalized spacial score (nSPS) is 16.0. The van der Waals surface area contributed by atoms with Crippen molar-refractivity contribution in [2.75, 3.05) is 21.1 Å². The van der Waals surface area contributed by atoms with Gasteiger partial charge in [-0.15, -0.1) is 0 Å². The summed E-state index contributed by atoms with van der Waals surface area (Å²) in [7, 11) is 3.34. The lowest BCUT2D eigenvalue weighted by Gasteiger charge is -2.31. The topological polar surface area (TPSA) is 75.5 Å². The van der Waals surface area contributed by atoms with E-state index in [0.29, 0.717) is 24.4 Å². The highest BCUT2D eigenvalue weighted by Crippen LogP contribution is 2.24. The van der Waals surface area contributed by atoms with Gasteiger partial charge in [-0.3, -0.25) is 4.79 Å². The number of carbonyl (C=O) groups excluding carboxylic acids is 1. The summed E-state index contributed by atoms with van der Waals surface area (Å²) in [4.78, 5) is 19.3. The van der Waals surface area contributed by atoms with Crippen molar-refractivity contribution in [2.24, 2.45) is 7.05 Å². The first kappa shape index (κ1) is 20.8. The lowest BCUT2D eigenvalue weighted by atomic mass is 9.94. The predicted octanol–water partition coefficient (Wildman–Crippen LogP) is 2.55. The first-order chi connectivity index (χ1) is 13.2. The average molecular weight is 407 g/mol. The minimum Gasteiger partial charge on any atom is -0.343 e. The molecule has 0 saturated heterocycles. The van der Waals surface area contributed by atoms with E-state index < -0.39 is 10.0 Å². The van der Waals surface area contributed by atoms with Crippen LogP contribution in [-0.4, -0.2) is 60.3 Å². The Morgan fingerprint density at radius 3 is 2.50 bits per heavy atom. The van der Waals surface area contributed by atoms with E-state index in [-0.39, 0.29) is 10.8 Å². The molecule has 154 valence electrons. The molecule has 8 heteroatoms. The number of aryl methyl sites for hydroxylation is 2. The van der Waals surface area contributed by atoms with E-state index in [4.69, 9.17) is 0 Å². The van der Waals surface area contributed by atoms with Gasteiger partial charge in [0.15, 0.2) is 0 Å².